The van der Waals surface area contributed by atoms with Crippen molar-refractivity contribution >= 4 is 23.3 Å². The zero-order chi connectivity index (χ0) is 21.3. The van der Waals surface area contributed by atoms with Crippen molar-refractivity contribution in [2.75, 3.05) is 19.0 Å². The number of carboxylic acid groups (broad SMARTS) is 1. The van der Waals surface area contributed by atoms with E-state index in [0.29, 0.717) is 11.5 Å². The molecule has 0 aromatic heterocycles. The van der Waals surface area contributed by atoms with E-state index in [1.165, 1.54) is 5.56 Å². The second-order valence-electron chi connectivity index (χ2n) is 6.75. The molecule has 0 radical (unpaired) electrons. The molecule has 0 aliphatic heterocycles. The Morgan fingerprint density at radius 3 is 2.33 bits per heavy atom. The molecule has 0 unspecified atom stereocenters. The van der Waals surface area contributed by atoms with Crippen molar-refractivity contribution in [3.8, 4) is 16.9 Å². The summed E-state index contributed by atoms with van der Waals surface area (Å²) in [6, 6.07) is 24.1. The van der Waals surface area contributed by atoms with Crippen LogP contribution < -0.4 is 4.74 Å². The lowest BCUT2D eigenvalue weighted by molar-refractivity contribution is -0.139. The highest BCUT2D eigenvalue weighted by molar-refractivity contribution is 7.99. The average molecular weight is 421 g/mol. The lowest BCUT2D eigenvalue weighted by Gasteiger charge is -2.09. The van der Waals surface area contributed by atoms with Crippen LogP contribution in [0.5, 0.6) is 5.75 Å². The average Bonchev–Trinajstić information content (AvgIpc) is 2.77. The second kappa shape index (κ2) is 10.7. The van der Waals surface area contributed by atoms with Crippen LogP contribution in [-0.2, 0) is 4.79 Å². The van der Waals surface area contributed by atoms with E-state index >= 15 is 0 Å². The van der Waals surface area contributed by atoms with E-state index in [2.05, 4.69) is 24.3 Å². The Bertz CT molecular complexity index is 1010. The van der Waals surface area contributed by atoms with Gasteiger partial charge in [-0.2, -0.15) is 0 Å². The number of thioether (sulfide) groups is 1. The highest BCUT2D eigenvalue weighted by atomic mass is 32.2. The molecule has 2 N–H and O–H groups in total. The zero-order valence-electron chi connectivity index (χ0n) is 16.7. The monoisotopic (exact) mass is 420 g/mol. The van der Waals surface area contributed by atoms with Crippen LogP contribution in [0.25, 0.3) is 16.7 Å². The summed E-state index contributed by atoms with van der Waals surface area (Å²) in [4.78, 5) is 11.7. The van der Waals surface area contributed by atoms with E-state index in [1.807, 2.05) is 55.5 Å². The molecule has 0 bridgehead atoms. The van der Waals surface area contributed by atoms with Crippen molar-refractivity contribution in [2.24, 2.45) is 0 Å². The van der Waals surface area contributed by atoms with Crippen LogP contribution in [0.3, 0.4) is 0 Å². The van der Waals surface area contributed by atoms with Crippen molar-refractivity contribution in [1.29, 1.82) is 0 Å². The predicted octanol–water partition coefficient (Wildman–Crippen LogP) is 5.29. The minimum Gasteiger partial charge on any atom is -0.482 e. The van der Waals surface area contributed by atoms with Crippen LogP contribution in [0.4, 0.5) is 0 Å². The highest BCUT2D eigenvalue weighted by Gasteiger charge is 2.05. The highest BCUT2D eigenvalue weighted by Crippen LogP contribution is 2.27. The minimum atomic E-state index is -0.994. The Hall–Kier alpha value is -3.02. The maximum absolute atomic E-state index is 10.6. The van der Waals surface area contributed by atoms with Gasteiger partial charge in [-0.1, -0.05) is 60.7 Å². The molecule has 0 saturated carbocycles. The summed E-state index contributed by atoms with van der Waals surface area (Å²) in [5, 5.41) is 18.5. The first-order valence-corrected chi connectivity index (χ1v) is 10.6. The number of aliphatic carboxylic acids is 1. The summed E-state index contributed by atoms with van der Waals surface area (Å²) in [6.45, 7) is 1.52. The molecule has 0 spiro atoms. The molecule has 0 amide bonds. The fourth-order valence-electron chi connectivity index (χ4n) is 3.03. The SMILES string of the molecule is Cc1cc(SC/C=C(\CO)c2ccc(-c3ccccc3)cc2)ccc1OCC(=O)O. The van der Waals surface area contributed by atoms with Gasteiger partial charge in [0, 0.05) is 10.6 Å². The topological polar surface area (TPSA) is 66.8 Å². The van der Waals surface area contributed by atoms with Crippen LogP contribution in [0.2, 0.25) is 0 Å². The molecule has 5 heteroatoms. The summed E-state index contributed by atoms with van der Waals surface area (Å²) >= 11 is 1.65. The van der Waals surface area contributed by atoms with Crippen LogP contribution in [0, 0.1) is 6.92 Å². The van der Waals surface area contributed by atoms with Gasteiger partial charge in [0.25, 0.3) is 0 Å². The van der Waals surface area contributed by atoms with Crippen molar-refractivity contribution in [2.45, 2.75) is 11.8 Å². The van der Waals surface area contributed by atoms with E-state index in [9.17, 15) is 9.90 Å². The fraction of sp³-hybridized carbons (Fsp3) is 0.160. The van der Waals surface area contributed by atoms with Gasteiger partial charge >= 0.3 is 5.97 Å². The molecule has 0 saturated heterocycles. The molecule has 30 heavy (non-hydrogen) atoms. The molecule has 0 fully saturated rings. The maximum Gasteiger partial charge on any atom is 0.341 e. The van der Waals surface area contributed by atoms with E-state index in [0.717, 1.165) is 27.2 Å². The van der Waals surface area contributed by atoms with Gasteiger partial charge in [0.1, 0.15) is 5.75 Å². The van der Waals surface area contributed by atoms with E-state index < -0.39 is 5.97 Å². The van der Waals surface area contributed by atoms with Crippen LogP contribution >= 0.6 is 11.8 Å². The Morgan fingerprint density at radius 1 is 1.00 bits per heavy atom. The molecule has 3 aromatic carbocycles. The third-order valence-electron chi connectivity index (χ3n) is 4.61. The second-order valence-corrected chi connectivity index (χ2v) is 7.84. The van der Waals surface area contributed by atoms with Gasteiger partial charge in [-0.15, -0.1) is 11.8 Å². The first-order valence-electron chi connectivity index (χ1n) is 9.60. The largest absolute Gasteiger partial charge is 0.482 e. The normalized spacial score (nSPS) is 11.3. The summed E-state index contributed by atoms with van der Waals surface area (Å²) in [7, 11) is 0. The van der Waals surface area contributed by atoms with E-state index in [-0.39, 0.29) is 13.2 Å². The number of aliphatic hydroxyl groups is 1. The van der Waals surface area contributed by atoms with Crippen molar-refractivity contribution < 1.29 is 19.7 Å². The number of rotatable bonds is 9. The van der Waals surface area contributed by atoms with Crippen LogP contribution in [-0.4, -0.2) is 35.1 Å². The third-order valence-corrected chi connectivity index (χ3v) is 5.53. The molecule has 4 nitrogen and oxygen atoms in total. The van der Waals surface area contributed by atoms with Gasteiger partial charge in [-0.3, -0.25) is 0 Å². The smallest absolute Gasteiger partial charge is 0.341 e. The predicted molar refractivity (Wildman–Crippen MR) is 122 cm³/mol. The number of aliphatic hydroxyl groups excluding tert-OH is 1. The van der Waals surface area contributed by atoms with Crippen LogP contribution in [0.1, 0.15) is 11.1 Å². The molecule has 154 valence electrons. The maximum atomic E-state index is 10.6. The number of ether oxygens (including phenoxy) is 1. The molecule has 0 atom stereocenters. The Balaban J connectivity index is 1.63. The van der Waals surface area contributed by atoms with Crippen molar-refractivity contribution in [1.82, 2.24) is 0 Å². The van der Waals surface area contributed by atoms with Crippen molar-refractivity contribution in [3.63, 3.8) is 0 Å². The standard InChI is InChI=1S/C25H24O4S/c1-18-15-23(11-12-24(18)29-17-25(27)28)30-14-13-22(16-26)21-9-7-20(8-10-21)19-5-3-2-4-6-19/h2-13,15,26H,14,16-17H2,1H3,(H,27,28)/b22-13+. The van der Waals surface area contributed by atoms with Gasteiger partial charge < -0.3 is 14.9 Å². The van der Waals surface area contributed by atoms with E-state index in [4.69, 9.17) is 9.84 Å². The van der Waals surface area contributed by atoms with Gasteiger partial charge in [-0.25, -0.2) is 4.79 Å². The first kappa shape index (κ1) is 21.7. The summed E-state index contributed by atoms with van der Waals surface area (Å²) in [5.41, 5.74) is 5.10. The Kier molecular flexibility index (Phi) is 7.71. The van der Waals surface area contributed by atoms with Gasteiger partial charge in [-0.05, 0) is 52.9 Å². The fourth-order valence-corrected chi connectivity index (χ4v) is 3.93. The lowest BCUT2D eigenvalue weighted by Crippen LogP contribution is -2.09. The first-order chi connectivity index (χ1) is 14.6. The molecule has 0 aliphatic rings. The van der Waals surface area contributed by atoms with Gasteiger partial charge in [0.05, 0.1) is 6.61 Å². The Morgan fingerprint density at radius 2 is 1.70 bits per heavy atom. The molecule has 0 heterocycles. The zero-order valence-corrected chi connectivity index (χ0v) is 17.6. The molecule has 3 rings (SSSR count). The quantitative estimate of drug-likeness (QED) is 0.460. The third kappa shape index (κ3) is 5.99. The Labute approximate surface area is 180 Å². The molecule has 0 aliphatic carbocycles. The summed E-state index contributed by atoms with van der Waals surface area (Å²) in [5.74, 6) is 0.295. The van der Waals surface area contributed by atoms with E-state index in [1.54, 1.807) is 17.8 Å². The minimum absolute atomic E-state index is 0.0216. The number of carbonyl (C=O) groups is 1. The number of carboxylic acids is 1. The van der Waals surface area contributed by atoms with Crippen LogP contribution in [0.15, 0.2) is 83.8 Å². The summed E-state index contributed by atoms with van der Waals surface area (Å²) in [6.07, 6.45) is 2.03. The van der Waals surface area contributed by atoms with Gasteiger partial charge in [0.15, 0.2) is 6.61 Å². The molecule has 3 aromatic rings. The number of hydrogen-bond donors (Lipinski definition) is 2. The number of benzene rings is 3. The molecular formula is C25H24O4S. The number of hydrogen-bond acceptors (Lipinski definition) is 4. The lowest BCUT2D eigenvalue weighted by atomic mass is 10.0. The van der Waals surface area contributed by atoms with Crippen molar-refractivity contribution in [3.05, 3.63) is 90.0 Å². The van der Waals surface area contributed by atoms with Gasteiger partial charge in [0.2, 0.25) is 0 Å². The molecular weight excluding hydrogens is 396 g/mol. The summed E-state index contributed by atoms with van der Waals surface area (Å²) < 4.78 is 5.26. The number of aryl methyl sites for hydroxylation is 1.